The Kier molecular flexibility index (Phi) is 8.72. The van der Waals surface area contributed by atoms with Gasteiger partial charge in [0.1, 0.15) is 0 Å². The summed E-state index contributed by atoms with van der Waals surface area (Å²) >= 11 is 0. The van der Waals surface area contributed by atoms with Gasteiger partial charge in [-0.3, -0.25) is 0 Å². The smallest absolute Gasteiger partial charge is 0.0195 e. The molecule has 1 aliphatic heterocycles. The highest BCUT2D eigenvalue weighted by atomic mass is 15.1. The van der Waals surface area contributed by atoms with E-state index >= 15 is 0 Å². The van der Waals surface area contributed by atoms with E-state index in [0.717, 1.165) is 6.04 Å². The highest BCUT2D eigenvalue weighted by molar-refractivity contribution is 4.76. The van der Waals surface area contributed by atoms with Gasteiger partial charge in [0.05, 0.1) is 0 Å². The minimum atomic E-state index is 0.766. The summed E-state index contributed by atoms with van der Waals surface area (Å²) in [5.74, 6) is 0. The lowest BCUT2D eigenvalue weighted by Gasteiger charge is -2.30. The molecule has 2 nitrogen and oxygen atoms in total. The van der Waals surface area contributed by atoms with Crippen LogP contribution in [0.4, 0.5) is 0 Å². The molecular weight excluding hydrogens is 208 g/mol. The zero-order chi connectivity index (χ0) is 12.3. The van der Waals surface area contributed by atoms with Crippen LogP contribution in [0.5, 0.6) is 0 Å². The van der Waals surface area contributed by atoms with Gasteiger partial charge in [-0.15, -0.1) is 0 Å². The fourth-order valence-electron chi connectivity index (χ4n) is 2.65. The number of piperidine rings is 1. The molecule has 0 amide bonds. The van der Waals surface area contributed by atoms with Gasteiger partial charge in [-0.05, 0) is 45.3 Å². The molecule has 1 N–H and O–H groups in total. The Balaban J connectivity index is 2.22. The Labute approximate surface area is 108 Å². The normalized spacial score (nSPS) is 21.0. The Morgan fingerprint density at radius 2 is 1.76 bits per heavy atom. The first kappa shape index (κ1) is 15.0. The third-order valence-corrected chi connectivity index (χ3v) is 3.80. The number of hydrogen-bond donors (Lipinski definition) is 1. The van der Waals surface area contributed by atoms with Gasteiger partial charge in [0.15, 0.2) is 0 Å². The number of unbranched alkanes of at least 4 members (excludes halogenated alkanes) is 3. The van der Waals surface area contributed by atoms with Crippen LogP contribution in [0, 0.1) is 0 Å². The Hall–Kier alpha value is -0.0800. The number of hydrogen-bond acceptors (Lipinski definition) is 2. The van der Waals surface area contributed by atoms with Gasteiger partial charge in [0.2, 0.25) is 0 Å². The van der Waals surface area contributed by atoms with Crippen molar-refractivity contribution < 1.29 is 0 Å². The first-order chi connectivity index (χ1) is 8.36. The molecule has 0 radical (unpaired) electrons. The quantitative estimate of drug-likeness (QED) is 0.621. The largest absolute Gasteiger partial charge is 0.313 e. The van der Waals surface area contributed by atoms with Crippen LogP contribution in [0.15, 0.2) is 0 Å². The fourth-order valence-corrected chi connectivity index (χ4v) is 2.65. The van der Waals surface area contributed by atoms with Gasteiger partial charge >= 0.3 is 0 Å². The average molecular weight is 240 g/mol. The lowest BCUT2D eigenvalue weighted by Crippen LogP contribution is -2.44. The summed E-state index contributed by atoms with van der Waals surface area (Å²) in [6.07, 6.45) is 11.0. The number of nitrogens with zero attached hydrogens (tertiary/aromatic N) is 1. The van der Waals surface area contributed by atoms with E-state index in [4.69, 9.17) is 0 Å². The average Bonchev–Trinajstić information content (AvgIpc) is 2.37. The van der Waals surface area contributed by atoms with Crippen molar-refractivity contribution in [3.05, 3.63) is 0 Å². The molecule has 1 fully saturated rings. The lowest BCUT2D eigenvalue weighted by molar-refractivity contribution is 0.217. The maximum atomic E-state index is 3.67. The molecule has 17 heavy (non-hydrogen) atoms. The molecule has 0 aromatic rings. The molecule has 1 heterocycles. The van der Waals surface area contributed by atoms with Gasteiger partial charge < -0.3 is 10.2 Å². The van der Waals surface area contributed by atoms with E-state index in [0.29, 0.717) is 0 Å². The molecule has 0 bridgehead atoms. The Bertz CT molecular complexity index is 164. The van der Waals surface area contributed by atoms with E-state index < -0.39 is 0 Å². The predicted molar refractivity (Wildman–Crippen MR) is 76.5 cm³/mol. The van der Waals surface area contributed by atoms with E-state index in [9.17, 15) is 0 Å². The molecule has 0 aromatic carbocycles. The summed E-state index contributed by atoms with van der Waals surface area (Å²) < 4.78 is 0. The van der Waals surface area contributed by atoms with Gasteiger partial charge in [-0.2, -0.15) is 0 Å². The molecule has 0 aromatic heterocycles. The first-order valence-electron chi connectivity index (χ1n) is 7.82. The van der Waals surface area contributed by atoms with Crippen LogP contribution < -0.4 is 5.32 Å². The summed E-state index contributed by atoms with van der Waals surface area (Å²) in [5.41, 5.74) is 0. The van der Waals surface area contributed by atoms with Crippen LogP contribution >= 0.6 is 0 Å². The van der Waals surface area contributed by atoms with Crippen molar-refractivity contribution >= 4 is 0 Å². The molecule has 0 spiro atoms. The third kappa shape index (κ3) is 7.05. The number of nitrogens with one attached hydrogen (secondary N) is 1. The highest BCUT2D eigenvalue weighted by Gasteiger charge is 2.15. The molecular formula is C15H32N2. The summed E-state index contributed by atoms with van der Waals surface area (Å²) in [6.45, 7) is 9.72. The topological polar surface area (TPSA) is 15.3 Å². The van der Waals surface area contributed by atoms with Crippen LogP contribution in [0.3, 0.4) is 0 Å². The summed E-state index contributed by atoms with van der Waals surface area (Å²) in [7, 11) is 0. The van der Waals surface area contributed by atoms with Gasteiger partial charge in [-0.1, -0.05) is 39.5 Å². The van der Waals surface area contributed by atoms with Crippen molar-refractivity contribution in [2.75, 3.05) is 26.2 Å². The van der Waals surface area contributed by atoms with Crippen molar-refractivity contribution in [2.24, 2.45) is 0 Å². The van der Waals surface area contributed by atoms with Crippen molar-refractivity contribution in [1.82, 2.24) is 10.2 Å². The maximum absolute atomic E-state index is 3.67. The zero-order valence-electron chi connectivity index (χ0n) is 12.0. The van der Waals surface area contributed by atoms with Crippen molar-refractivity contribution in [1.29, 1.82) is 0 Å². The van der Waals surface area contributed by atoms with Gasteiger partial charge in [0, 0.05) is 12.6 Å². The molecule has 1 rings (SSSR count). The zero-order valence-corrected chi connectivity index (χ0v) is 12.0. The van der Waals surface area contributed by atoms with Crippen LogP contribution in [0.25, 0.3) is 0 Å². The fraction of sp³-hybridized carbons (Fsp3) is 1.00. The first-order valence-corrected chi connectivity index (χ1v) is 7.82. The Morgan fingerprint density at radius 1 is 1.00 bits per heavy atom. The van der Waals surface area contributed by atoms with Crippen LogP contribution in [-0.4, -0.2) is 37.1 Å². The minimum absolute atomic E-state index is 0.766. The monoisotopic (exact) mass is 240 g/mol. The van der Waals surface area contributed by atoms with E-state index in [1.54, 1.807) is 0 Å². The summed E-state index contributed by atoms with van der Waals surface area (Å²) in [6, 6.07) is 0.766. The summed E-state index contributed by atoms with van der Waals surface area (Å²) in [4.78, 5) is 2.70. The molecule has 2 heteroatoms. The minimum Gasteiger partial charge on any atom is -0.313 e. The van der Waals surface area contributed by atoms with Gasteiger partial charge in [0.25, 0.3) is 0 Å². The lowest BCUT2D eigenvalue weighted by atomic mass is 10.0. The molecule has 1 saturated heterocycles. The molecule has 1 unspecified atom stereocenters. The van der Waals surface area contributed by atoms with E-state index in [-0.39, 0.29) is 0 Å². The van der Waals surface area contributed by atoms with Crippen LogP contribution in [0.1, 0.15) is 65.2 Å². The molecule has 1 atom stereocenters. The highest BCUT2D eigenvalue weighted by Crippen LogP contribution is 2.10. The molecule has 0 aliphatic carbocycles. The molecule has 0 saturated carbocycles. The van der Waals surface area contributed by atoms with Crippen molar-refractivity contribution in [3.63, 3.8) is 0 Å². The third-order valence-electron chi connectivity index (χ3n) is 3.80. The van der Waals surface area contributed by atoms with E-state index in [1.807, 2.05) is 0 Å². The van der Waals surface area contributed by atoms with E-state index in [2.05, 4.69) is 24.1 Å². The molecule has 102 valence electrons. The predicted octanol–water partition coefficient (Wildman–Crippen LogP) is 3.42. The molecule has 1 aliphatic rings. The SMILES string of the molecule is CCCCCN(CCCC)CC1CCCCN1. The van der Waals surface area contributed by atoms with Crippen LogP contribution in [-0.2, 0) is 0 Å². The van der Waals surface area contributed by atoms with Crippen molar-refractivity contribution in [2.45, 2.75) is 71.3 Å². The standard InChI is InChI=1S/C15H32N2/c1-3-5-9-13-17(12-6-4-2)14-15-10-7-8-11-16-15/h15-16H,3-14H2,1-2H3. The van der Waals surface area contributed by atoms with E-state index in [1.165, 1.54) is 77.5 Å². The van der Waals surface area contributed by atoms with Gasteiger partial charge in [-0.25, -0.2) is 0 Å². The Morgan fingerprint density at radius 3 is 2.41 bits per heavy atom. The van der Waals surface area contributed by atoms with Crippen LogP contribution in [0.2, 0.25) is 0 Å². The summed E-state index contributed by atoms with van der Waals surface area (Å²) in [5, 5.41) is 3.67. The second kappa shape index (κ2) is 9.90. The van der Waals surface area contributed by atoms with Crippen molar-refractivity contribution in [3.8, 4) is 0 Å². The second-order valence-corrected chi connectivity index (χ2v) is 5.51. The number of rotatable bonds is 9. The maximum Gasteiger partial charge on any atom is 0.0195 e. The second-order valence-electron chi connectivity index (χ2n) is 5.51.